The summed E-state index contributed by atoms with van der Waals surface area (Å²) < 4.78 is 0.638. The molecule has 1 amide bonds. The lowest BCUT2D eigenvalue weighted by atomic mass is 10.1. The number of carbonyl (C=O) groups is 1. The van der Waals surface area contributed by atoms with E-state index in [1.165, 1.54) is 42.8 Å². The van der Waals surface area contributed by atoms with Crippen LogP contribution in [0.3, 0.4) is 0 Å². The van der Waals surface area contributed by atoms with Gasteiger partial charge in [0.25, 0.3) is 5.91 Å². The second-order valence-electron chi connectivity index (χ2n) is 5.74. The van der Waals surface area contributed by atoms with Gasteiger partial charge in [0.2, 0.25) is 0 Å². The van der Waals surface area contributed by atoms with Gasteiger partial charge in [0.1, 0.15) is 6.54 Å². The molecule has 2 heterocycles. The zero-order chi connectivity index (χ0) is 15.4. The van der Waals surface area contributed by atoms with Crippen molar-refractivity contribution < 1.29 is 9.69 Å². The van der Waals surface area contributed by atoms with Crippen molar-refractivity contribution in [3.63, 3.8) is 0 Å². The minimum absolute atomic E-state index is 0.0671. The summed E-state index contributed by atoms with van der Waals surface area (Å²) in [4.78, 5) is 14.3. The number of carbonyl (C=O) groups excluding carboxylic acids is 1. The lowest BCUT2D eigenvalue weighted by Gasteiger charge is -2.12. The molecule has 0 bridgehead atoms. The lowest BCUT2D eigenvalue weighted by molar-refractivity contribution is -0.901. The minimum atomic E-state index is -0.0671. The molecule has 5 heteroatoms. The van der Waals surface area contributed by atoms with Gasteiger partial charge in [-0.05, 0) is 17.7 Å². The van der Waals surface area contributed by atoms with Crippen LogP contribution in [0.1, 0.15) is 33.6 Å². The Kier molecular flexibility index (Phi) is 5.13. The fourth-order valence-corrected chi connectivity index (χ4v) is 3.78. The van der Waals surface area contributed by atoms with Gasteiger partial charge in [-0.3, -0.25) is 4.79 Å². The van der Waals surface area contributed by atoms with Crippen molar-refractivity contribution in [3.8, 4) is 0 Å². The third-order valence-corrected chi connectivity index (χ3v) is 5.27. The first-order valence-electron chi connectivity index (χ1n) is 7.65. The van der Waals surface area contributed by atoms with Crippen LogP contribution in [0.5, 0.6) is 0 Å². The van der Waals surface area contributed by atoms with Crippen LogP contribution in [-0.2, 0) is 13.1 Å². The van der Waals surface area contributed by atoms with E-state index in [0.717, 1.165) is 12.1 Å². The number of thiophene rings is 1. The molecule has 1 aromatic heterocycles. The minimum Gasteiger partial charge on any atom is -0.347 e. The zero-order valence-corrected chi connectivity index (χ0v) is 14.0. The Hall–Kier alpha value is -1.36. The van der Waals surface area contributed by atoms with Gasteiger partial charge in [0, 0.05) is 24.9 Å². The fourth-order valence-electron chi connectivity index (χ4n) is 2.82. The highest BCUT2D eigenvalue weighted by molar-refractivity contribution is 7.17. The molecular formula is C17H20ClN2OS+. The predicted molar refractivity (Wildman–Crippen MR) is 90.6 cm³/mol. The molecule has 3 rings (SSSR count). The van der Waals surface area contributed by atoms with Crippen LogP contribution >= 0.6 is 22.9 Å². The number of hydrogen-bond acceptors (Lipinski definition) is 2. The van der Waals surface area contributed by atoms with Gasteiger partial charge in [-0.2, -0.15) is 0 Å². The number of halogens is 1. The van der Waals surface area contributed by atoms with E-state index < -0.39 is 0 Å². The SMILES string of the molecule is O=C(NCc1ccc(C[NH+]2CCCC2)cc1)c1ccc(Cl)s1. The molecular weight excluding hydrogens is 316 g/mol. The average molecular weight is 336 g/mol. The van der Waals surface area contributed by atoms with Crippen molar-refractivity contribution in [2.75, 3.05) is 13.1 Å². The van der Waals surface area contributed by atoms with E-state index in [1.54, 1.807) is 17.0 Å². The molecule has 2 N–H and O–H groups in total. The van der Waals surface area contributed by atoms with Gasteiger partial charge in [-0.1, -0.05) is 35.9 Å². The molecule has 1 aliphatic rings. The maximum absolute atomic E-state index is 12.0. The van der Waals surface area contributed by atoms with E-state index in [1.807, 2.05) is 0 Å². The van der Waals surface area contributed by atoms with Crippen molar-refractivity contribution >= 4 is 28.8 Å². The van der Waals surface area contributed by atoms with Crippen LogP contribution in [0.25, 0.3) is 0 Å². The normalized spacial score (nSPS) is 15.1. The van der Waals surface area contributed by atoms with Crippen molar-refractivity contribution in [2.45, 2.75) is 25.9 Å². The van der Waals surface area contributed by atoms with Gasteiger partial charge in [0.15, 0.2) is 0 Å². The van der Waals surface area contributed by atoms with Gasteiger partial charge < -0.3 is 10.2 Å². The first-order valence-corrected chi connectivity index (χ1v) is 8.85. The Morgan fingerprint density at radius 1 is 1.09 bits per heavy atom. The number of rotatable bonds is 5. The Balaban J connectivity index is 1.51. The molecule has 2 aromatic rings. The third-order valence-electron chi connectivity index (χ3n) is 4.04. The standard InChI is InChI=1S/C17H19ClN2OS/c18-16-8-7-15(22-16)17(21)19-11-13-3-5-14(6-4-13)12-20-9-1-2-10-20/h3-8H,1-2,9-12H2,(H,19,21)/p+1. The monoisotopic (exact) mass is 335 g/mol. The lowest BCUT2D eigenvalue weighted by Crippen LogP contribution is -3.08. The molecule has 22 heavy (non-hydrogen) atoms. The molecule has 0 atom stereocenters. The highest BCUT2D eigenvalue weighted by atomic mass is 35.5. The number of quaternary nitrogens is 1. The fraction of sp³-hybridized carbons (Fsp3) is 0.353. The number of benzene rings is 1. The molecule has 0 spiro atoms. The van der Waals surface area contributed by atoms with Crippen molar-refractivity contribution in [1.82, 2.24) is 5.32 Å². The highest BCUT2D eigenvalue weighted by Crippen LogP contribution is 2.21. The molecule has 1 fully saturated rings. The summed E-state index contributed by atoms with van der Waals surface area (Å²) in [7, 11) is 0. The van der Waals surface area contributed by atoms with Crippen LogP contribution in [0.15, 0.2) is 36.4 Å². The Morgan fingerprint density at radius 2 is 1.77 bits per heavy atom. The van der Waals surface area contributed by atoms with E-state index in [2.05, 4.69) is 29.6 Å². The molecule has 0 saturated carbocycles. The first kappa shape index (κ1) is 15.5. The van der Waals surface area contributed by atoms with E-state index in [9.17, 15) is 4.79 Å². The molecule has 116 valence electrons. The number of nitrogens with one attached hydrogen (secondary N) is 2. The quantitative estimate of drug-likeness (QED) is 0.865. The maximum Gasteiger partial charge on any atom is 0.261 e. The van der Waals surface area contributed by atoms with E-state index in [-0.39, 0.29) is 5.91 Å². The second-order valence-corrected chi connectivity index (χ2v) is 7.45. The van der Waals surface area contributed by atoms with Crippen LogP contribution in [-0.4, -0.2) is 19.0 Å². The Bertz CT molecular complexity index is 632. The van der Waals surface area contributed by atoms with Crippen molar-refractivity contribution in [1.29, 1.82) is 0 Å². The summed E-state index contributed by atoms with van der Waals surface area (Å²) in [6, 6.07) is 12.1. The Morgan fingerprint density at radius 3 is 2.41 bits per heavy atom. The average Bonchev–Trinajstić information content (AvgIpc) is 3.18. The maximum atomic E-state index is 12.0. The molecule has 0 radical (unpaired) electrons. The summed E-state index contributed by atoms with van der Waals surface area (Å²) in [5, 5.41) is 2.93. The molecule has 1 aliphatic heterocycles. The third kappa shape index (κ3) is 4.09. The van der Waals surface area contributed by atoms with Crippen molar-refractivity contribution in [3.05, 3.63) is 56.7 Å². The summed E-state index contributed by atoms with van der Waals surface area (Å²) in [6.45, 7) is 4.24. The summed E-state index contributed by atoms with van der Waals surface area (Å²) in [5.41, 5.74) is 2.49. The summed E-state index contributed by atoms with van der Waals surface area (Å²) in [6.07, 6.45) is 2.71. The summed E-state index contributed by atoms with van der Waals surface area (Å²) in [5.74, 6) is -0.0671. The van der Waals surface area contributed by atoms with Gasteiger partial charge >= 0.3 is 0 Å². The smallest absolute Gasteiger partial charge is 0.261 e. The topological polar surface area (TPSA) is 33.5 Å². The van der Waals surface area contributed by atoms with Crippen LogP contribution in [0, 0.1) is 0 Å². The number of hydrogen-bond donors (Lipinski definition) is 2. The zero-order valence-electron chi connectivity index (χ0n) is 12.4. The van der Waals surface area contributed by atoms with Gasteiger partial charge in [-0.25, -0.2) is 0 Å². The molecule has 1 saturated heterocycles. The highest BCUT2D eigenvalue weighted by Gasteiger charge is 2.15. The number of likely N-dealkylation sites (tertiary alicyclic amines) is 1. The van der Waals surface area contributed by atoms with Gasteiger partial charge in [0.05, 0.1) is 22.3 Å². The van der Waals surface area contributed by atoms with Crippen LogP contribution in [0.4, 0.5) is 0 Å². The van der Waals surface area contributed by atoms with E-state index >= 15 is 0 Å². The molecule has 3 nitrogen and oxygen atoms in total. The predicted octanol–water partition coefficient (Wildman–Crippen LogP) is 2.51. The van der Waals surface area contributed by atoms with Crippen LogP contribution in [0.2, 0.25) is 4.34 Å². The second kappa shape index (κ2) is 7.27. The first-order chi connectivity index (χ1) is 10.7. The van der Waals surface area contributed by atoms with E-state index in [0.29, 0.717) is 15.8 Å². The van der Waals surface area contributed by atoms with Gasteiger partial charge in [-0.15, -0.1) is 11.3 Å². The molecule has 0 unspecified atom stereocenters. The molecule has 0 aliphatic carbocycles. The Labute approximate surface area is 139 Å². The molecule has 1 aromatic carbocycles. The van der Waals surface area contributed by atoms with Crippen LogP contribution < -0.4 is 10.2 Å². The van der Waals surface area contributed by atoms with Crippen molar-refractivity contribution in [2.24, 2.45) is 0 Å². The largest absolute Gasteiger partial charge is 0.347 e. The summed E-state index contributed by atoms with van der Waals surface area (Å²) >= 11 is 7.15. The number of amides is 1. The van der Waals surface area contributed by atoms with E-state index in [4.69, 9.17) is 11.6 Å².